The number of hydroxylamine groups is 1. The van der Waals surface area contributed by atoms with Crippen LogP contribution in [0.3, 0.4) is 0 Å². The Morgan fingerprint density at radius 1 is 1.16 bits per heavy atom. The molecule has 31 heavy (non-hydrogen) atoms. The number of aliphatic hydroxyl groups is 2. The number of amides is 1. The summed E-state index contributed by atoms with van der Waals surface area (Å²) >= 11 is 0. The van der Waals surface area contributed by atoms with E-state index in [1.807, 2.05) is 6.92 Å². The van der Waals surface area contributed by atoms with Gasteiger partial charge in [-0.3, -0.25) is 10.0 Å². The molecule has 4 N–H and O–H groups in total. The summed E-state index contributed by atoms with van der Waals surface area (Å²) in [6.07, 6.45) is 16.8. The highest BCUT2D eigenvalue weighted by atomic mass is 16.5. The molecule has 3 fully saturated rings. The van der Waals surface area contributed by atoms with Crippen LogP contribution in [0.15, 0.2) is 47.1 Å². The molecular formula is C26H39NO4. The van der Waals surface area contributed by atoms with E-state index >= 15 is 0 Å². The molecule has 3 saturated carbocycles. The SMILES string of the molecule is CC(/C=C/C(=O)NO)=C\C(C)C1CCC2/C(=C/C=C3CC(O)CC(O)C3)CCCC21C. The number of rotatable bonds is 5. The van der Waals surface area contributed by atoms with Gasteiger partial charge < -0.3 is 10.2 Å². The molecule has 0 aliphatic heterocycles. The molecule has 3 aliphatic carbocycles. The zero-order chi connectivity index (χ0) is 22.6. The minimum atomic E-state index is -0.512. The summed E-state index contributed by atoms with van der Waals surface area (Å²) in [5.41, 5.74) is 5.63. The molecule has 0 bridgehead atoms. The van der Waals surface area contributed by atoms with E-state index in [1.165, 1.54) is 37.3 Å². The summed E-state index contributed by atoms with van der Waals surface area (Å²) in [6, 6.07) is 0. The van der Waals surface area contributed by atoms with Gasteiger partial charge in [-0.1, -0.05) is 54.9 Å². The number of aliphatic hydroxyl groups excluding tert-OH is 2. The fourth-order valence-corrected chi connectivity index (χ4v) is 6.50. The molecule has 6 atom stereocenters. The standard InChI is InChI=1S/C26H39NO4/c1-17(6-11-25(30)27-31)13-18(2)23-9-10-24-20(5-4-12-26(23,24)3)8-7-19-14-21(28)16-22(29)15-19/h6-8,11,13,18,21-24,28-29,31H,4-5,9-10,12,14-16H2,1-3H3,(H,27,30)/b11-6+,17-13+,19-7?,20-8+. The Kier molecular flexibility index (Phi) is 7.95. The van der Waals surface area contributed by atoms with Crippen LogP contribution in [-0.2, 0) is 4.79 Å². The first-order valence-electron chi connectivity index (χ1n) is 11.8. The van der Waals surface area contributed by atoms with Crippen molar-refractivity contribution in [2.45, 2.75) is 84.3 Å². The van der Waals surface area contributed by atoms with Crippen LogP contribution in [0.4, 0.5) is 0 Å². The summed E-state index contributed by atoms with van der Waals surface area (Å²) in [7, 11) is 0. The Morgan fingerprint density at radius 2 is 1.87 bits per heavy atom. The third-order valence-corrected chi connectivity index (χ3v) is 7.88. The smallest absolute Gasteiger partial charge is 0.267 e. The van der Waals surface area contributed by atoms with Crippen LogP contribution in [0, 0.1) is 23.2 Å². The van der Waals surface area contributed by atoms with Crippen LogP contribution in [0.5, 0.6) is 0 Å². The highest BCUT2D eigenvalue weighted by Crippen LogP contribution is 2.59. The predicted octanol–water partition coefficient (Wildman–Crippen LogP) is 4.61. The molecular weight excluding hydrogens is 390 g/mol. The normalized spacial score (nSPS) is 36.5. The van der Waals surface area contributed by atoms with Crippen molar-refractivity contribution in [1.29, 1.82) is 0 Å². The fourth-order valence-electron chi connectivity index (χ4n) is 6.50. The summed E-state index contributed by atoms with van der Waals surface area (Å²) in [4.78, 5) is 11.2. The second kappa shape index (κ2) is 10.3. The summed E-state index contributed by atoms with van der Waals surface area (Å²) in [5.74, 6) is 1.09. The highest BCUT2D eigenvalue weighted by molar-refractivity contribution is 5.86. The van der Waals surface area contributed by atoms with E-state index in [9.17, 15) is 15.0 Å². The molecule has 0 radical (unpaired) electrons. The maximum absolute atomic E-state index is 11.2. The second-order valence-electron chi connectivity index (χ2n) is 10.2. The van der Waals surface area contributed by atoms with Gasteiger partial charge in [0.1, 0.15) is 0 Å². The van der Waals surface area contributed by atoms with Gasteiger partial charge >= 0.3 is 0 Å². The van der Waals surface area contributed by atoms with Gasteiger partial charge in [0.15, 0.2) is 0 Å². The van der Waals surface area contributed by atoms with Gasteiger partial charge in [0.25, 0.3) is 5.91 Å². The lowest BCUT2D eigenvalue weighted by atomic mass is 9.61. The highest BCUT2D eigenvalue weighted by Gasteiger charge is 2.50. The Labute approximate surface area is 186 Å². The van der Waals surface area contributed by atoms with Gasteiger partial charge in [-0.15, -0.1) is 0 Å². The molecule has 6 unspecified atom stereocenters. The molecule has 3 rings (SSSR count). The summed E-state index contributed by atoms with van der Waals surface area (Å²) in [6.45, 7) is 6.74. The Hall–Kier alpha value is -1.69. The molecule has 3 aliphatic rings. The van der Waals surface area contributed by atoms with Crippen LogP contribution in [0.2, 0.25) is 0 Å². The first kappa shape index (κ1) is 24.0. The number of fused-ring (bicyclic) bond motifs is 1. The molecule has 5 heteroatoms. The summed E-state index contributed by atoms with van der Waals surface area (Å²) in [5, 5.41) is 28.6. The number of hydrogen-bond acceptors (Lipinski definition) is 4. The van der Waals surface area contributed by atoms with E-state index in [4.69, 9.17) is 5.21 Å². The largest absolute Gasteiger partial charge is 0.393 e. The lowest BCUT2D eigenvalue weighted by molar-refractivity contribution is -0.124. The van der Waals surface area contributed by atoms with Crippen LogP contribution in [-0.4, -0.2) is 33.5 Å². The average Bonchev–Trinajstić information content (AvgIpc) is 3.07. The van der Waals surface area contributed by atoms with Crippen molar-refractivity contribution in [3.63, 3.8) is 0 Å². The molecule has 172 valence electrons. The Balaban J connectivity index is 1.73. The number of carbonyl (C=O) groups is 1. The molecule has 0 aromatic heterocycles. The number of allylic oxidation sites excluding steroid dienone is 6. The van der Waals surface area contributed by atoms with E-state index < -0.39 is 18.1 Å². The third kappa shape index (κ3) is 5.76. The maximum atomic E-state index is 11.2. The van der Waals surface area contributed by atoms with Crippen molar-refractivity contribution in [2.75, 3.05) is 0 Å². The van der Waals surface area contributed by atoms with Crippen LogP contribution < -0.4 is 5.48 Å². The second-order valence-corrected chi connectivity index (χ2v) is 10.2. The molecule has 0 heterocycles. The minimum Gasteiger partial charge on any atom is -0.393 e. The molecule has 0 aromatic carbocycles. The van der Waals surface area contributed by atoms with Crippen molar-refractivity contribution in [3.8, 4) is 0 Å². The maximum Gasteiger partial charge on any atom is 0.267 e. The molecule has 0 aromatic rings. The molecule has 0 spiro atoms. The third-order valence-electron chi connectivity index (χ3n) is 7.88. The Morgan fingerprint density at radius 3 is 2.55 bits per heavy atom. The lowest BCUT2D eigenvalue weighted by Crippen LogP contribution is -2.35. The van der Waals surface area contributed by atoms with Crippen molar-refractivity contribution >= 4 is 5.91 Å². The predicted molar refractivity (Wildman–Crippen MR) is 122 cm³/mol. The Bertz CT molecular complexity index is 768. The van der Waals surface area contributed by atoms with E-state index in [2.05, 4.69) is 32.1 Å². The number of carbonyl (C=O) groups excluding carboxylic acids is 1. The van der Waals surface area contributed by atoms with Gasteiger partial charge in [0.2, 0.25) is 0 Å². The first-order chi connectivity index (χ1) is 14.7. The molecule has 1 amide bonds. The average molecular weight is 430 g/mol. The quantitative estimate of drug-likeness (QED) is 0.222. The van der Waals surface area contributed by atoms with Gasteiger partial charge in [-0.05, 0) is 81.5 Å². The van der Waals surface area contributed by atoms with Crippen molar-refractivity contribution in [3.05, 3.63) is 47.1 Å². The summed E-state index contributed by atoms with van der Waals surface area (Å²) < 4.78 is 0. The van der Waals surface area contributed by atoms with E-state index in [1.54, 1.807) is 11.6 Å². The van der Waals surface area contributed by atoms with Crippen molar-refractivity contribution in [1.82, 2.24) is 5.48 Å². The topological polar surface area (TPSA) is 89.8 Å². The van der Waals surface area contributed by atoms with Crippen LogP contribution in [0.25, 0.3) is 0 Å². The zero-order valence-electron chi connectivity index (χ0n) is 19.2. The van der Waals surface area contributed by atoms with Crippen molar-refractivity contribution in [2.24, 2.45) is 23.2 Å². The van der Waals surface area contributed by atoms with Crippen molar-refractivity contribution < 1.29 is 20.2 Å². The number of hydrogen-bond donors (Lipinski definition) is 4. The van der Waals surface area contributed by atoms with Crippen LogP contribution in [0.1, 0.15) is 72.1 Å². The lowest BCUT2D eigenvalue weighted by Gasteiger charge is -2.44. The molecule has 5 nitrogen and oxygen atoms in total. The first-order valence-corrected chi connectivity index (χ1v) is 11.8. The minimum absolute atomic E-state index is 0.274. The van der Waals surface area contributed by atoms with Gasteiger partial charge in [0, 0.05) is 6.08 Å². The van der Waals surface area contributed by atoms with Crippen LogP contribution >= 0.6 is 0 Å². The van der Waals surface area contributed by atoms with Gasteiger partial charge in [-0.2, -0.15) is 0 Å². The fraction of sp³-hybridized carbons (Fsp3) is 0.654. The van der Waals surface area contributed by atoms with E-state index in [0.717, 1.165) is 17.6 Å². The van der Waals surface area contributed by atoms with E-state index in [0.29, 0.717) is 37.0 Å². The zero-order valence-corrected chi connectivity index (χ0v) is 19.2. The van der Waals surface area contributed by atoms with Gasteiger partial charge in [-0.25, -0.2) is 5.48 Å². The van der Waals surface area contributed by atoms with Gasteiger partial charge in [0.05, 0.1) is 12.2 Å². The van der Waals surface area contributed by atoms with E-state index in [-0.39, 0.29) is 5.41 Å². The monoisotopic (exact) mass is 429 g/mol. The number of nitrogens with one attached hydrogen (secondary N) is 1. The molecule has 0 saturated heterocycles.